The summed E-state index contributed by atoms with van der Waals surface area (Å²) in [6.45, 7) is 0. The molecule has 2 aliphatic heterocycles. The highest BCUT2D eigenvalue weighted by molar-refractivity contribution is 14.1. The third kappa shape index (κ3) is 3.00. The van der Waals surface area contributed by atoms with Gasteiger partial charge in [-0.25, -0.2) is 0 Å². The quantitative estimate of drug-likeness (QED) is 0.140. The highest BCUT2D eigenvalue weighted by Gasteiger charge is 2.66. The summed E-state index contributed by atoms with van der Waals surface area (Å²) in [5, 5.41) is 0. The van der Waals surface area contributed by atoms with Crippen molar-refractivity contribution in [3.05, 3.63) is 148 Å². The van der Waals surface area contributed by atoms with E-state index in [4.69, 9.17) is 0 Å². The lowest BCUT2D eigenvalue weighted by Crippen LogP contribution is -2.56. The minimum Gasteiger partial charge on any atom is -0.128 e. The first-order chi connectivity index (χ1) is 19.6. The molecule has 0 fully saturated rings. The zero-order valence-electron chi connectivity index (χ0n) is 20.8. The van der Waals surface area contributed by atoms with Gasteiger partial charge in [-0.2, -0.15) is 0 Å². The first-order valence-electron chi connectivity index (χ1n) is 13.0. The summed E-state index contributed by atoms with van der Waals surface area (Å²) in [6.07, 6.45) is 0. The van der Waals surface area contributed by atoms with Gasteiger partial charge in [0, 0.05) is 19.6 Å². The molecular formula is C34H18I2S4. The highest BCUT2D eigenvalue weighted by Crippen LogP contribution is 2.73. The van der Waals surface area contributed by atoms with Gasteiger partial charge in [0.15, 0.2) is 0 Å². The van der Waals surface area contributed by atoms with Gasteiger partial charge in [-0.3, -0.25) is 0 Å². The minimum atomic E-state index is -0.439. The number of rotatable bonds is 0. The summed E-state index contributed by atoms with van der Waals surface area (Å²) in [6, 6.07) is 41.9. The van der Waals surface area contributed by atoms with Gasteiger partial charge in [0.25, 0.3) is 0 Å². The molecule has 6 heteroatoms. The summed E-state index contributed by atoms with van der Waals surface area (Å²) >= 11 is 12.9. The fourth-order valence-corrected chi connectivity index (χ4v) is 13.8. The molecule has 2 spiro atoms. The summed E-state index contributed by atoms with van der Waals surface area (Å²) in [5.74, 6) is 0. The van der Waals surface area contributed by atoms with Crippen molar-refractivity contribution in [3.8, 4) is 9.75 Å². The van der Waals surface area contributed by atoms with E-state index in [1.54, 1.807) is 0 Å². The predicted molar refractivity (Wildman–Crippen MR) is 187 cm³/mol. The van der Waals surface area contributed by atoms with Crippen molar-refractivity contribution in [2.45, 2.75) is 30.4 Å². The molecule has 0 nitrogen and oxygen atoms in total. The van der Waals surface area contributed by atoms with E-state index in [9.17, 15) is 0 Å². The van der Waals surface area contributed by atoms with E-state index >= 15 is 0 Å². The fourth-order valence-electron chi connectivity index (χ4n) is 7.40. The Labute approximate surface area is 276 Å². The van der Waals surface area contributed by atoms with Crippen LogP contribution in [0.5, 0.6) is 0 Å². The number of fused-ring (bicyclic) bond motifs is 14. The third-order valence-corrected chi connectivity index (χ3v) is 14.8. The van der Waals surface area contributed by atoms with Crippen molar-refractivity contribution >= 4 is 91.4 Å². The van der Waals surface area contributed by atoms with Crippen molar-refractivity contribution in [2.24, 2.45) is 0 Å². The number of hydrogen-bond acceptors (Lipinski definition) is 4. The fraction of sp³-hybridized carbons (Fsp3) is 0.0588. The molecule has 0 unspecified atom stereocenters. The molecule has 0 saturated heterocycles. The molecule has 6 aromatic rings. The average molecular weight is 809 g/mol. The maximum absolute atomic E-state index is 2.56. The highest BCUT2D eigenvalue weighted by atomic mass is 127. The van der Waals surface area contributed by atoms with Gasteiger partial charge < -0.3 is 0 Å². The standard InChI is InChI=1S/C34H18I2S4/c35-29-17-23-31(39-29)32-24(18-30(36)40-32)34(21-11-3-7-15-27(21)38-28-16-8-4-12-22(28)34)33(23)19-9-1-5-13-25(19)37-26-14-6-2-10-20(26)33/h1-18H. The average Bonchev–Trinajstić information content (AvgIpc) is 3.57. The van der Waals surface area contributed by atoms with Crippen LogP contribution in [0.15, 0.2) is 129 Å². The van der Waals surface area contributed by atoms with Crippen LogP contribution >= 0.6 is 91.4 Å². The lowest BCUT2D eigenvalue weighted by atomic mass is 9.45. The second-order valence-corrected chi connectivity index (χ2v) is 18.3. The number of benzene rings is 4. The molecule has 2 aromatic heterocycles. The largest absolute Gasteiger partial charge is 0.128 e. The molecule has 40 heavy (non-hydrogen) atoms. The zero-order valence-corrected chi connectivity index (χ0v) is 28.4. The Kier molecular flexibility index (Phi) is 5.60. The van der Waals surface area contributed by atoms with E-state index < -0.39 is 10.8 Å². The molecule has 3 aliphatic rings. The van der Waals surface area contributed by atoms with Crippen LogP contribution in [0.1, 0.15) is 33.4 Å². The molecule has 0 radical (unpaired) electrons. The molecular weight excluding hydrogens is 790 g/mol. The normalized spacial score (nSPS) is 16.4. The Morgan fingerprint density at radius 3 is 1.02 bits per heavy atom. The van der Waals surface area contributed by atoms with Crippen LogP contribution in [-0.4, -0.2) is 0 Å². The van der Waals surface area contributed by atoms with Crippen LogP contribution in [0.4, 0.5) is 0 Å². The second kappa shape index (κ2) is 8.97. The summed E-state index contributed by atoms with van der Waals surface area (Å²) in [4.78, 5) is 8.29. The Bertz CT molecular complexity index is 1780. The molecule has 0 bridgehead atoms. The van der Waals surface area contributed by atoms with Crippen molar-refractivity contribution in [1.29, 1.82) is 0 Å². The van der Waals surface area contributed by atoms with Crippen LogP contribution in [0.25, 0.3) is 9.75 Å². The molecule has 0 saturated carbocycles. The van der Waals surface area contributed by atoms with E-state index in [0.717, 1.165) is 0 Å². The zero-order chi connectivity index (χ0) is 26.6. The molecule has 9 rings (SSSR count). The number of thiophene rings is 2. The van der Waals surface area contributed by atoms with E-state index in [1.165, 1.54) is 68.5 Å². The van der Waals surface area contributed by atoms with Gasteiger partial charge in [-0.1, -0.05) is 96.3 Å². The van der Waals surface area contributed by atoms with Crippen LogP contribution in [0, 0.1) is 5.77 Å². The Hall–Kier alpha value is -1.56. The van der Waals surface area contributed by atoms with Crippen LogP contribution in [0.2, 0.25) is 0 Å². The molecule has 0 N–H and O–H groups in total. The first kappa shape index (κ1) is 25.0. The molecule has 4 aromatic carbocycles. The molecule has 0 amide bonds. The molecule has 1 aliphatic carbocycles. The smallest absolute Gasteiger partial charge is 0.0667 e. The number of halogens is 2. The Morgan fingerprint density at radius 2 is 0.700 bits per heavy atom. The van der Waals surface area contributed by atoms with Crippen molar-refractivity contribution in [3.63, 3.8) is 0 Å². The van der Waals surface area contributed by atoms with E-state index in [-0.39, 0.29) is 0 Å². The monoisotopic (exact) mass is 808 g/mol. The van der Waals surface area contributed by atoms with Gasteiger partial charge in [-0.15, -0.1) is 22.7 Å². The summed E-state index contributed by atoms with van der Waals surface area (Å²) in [7, 11) is 0. The van der Waals surface area contributed by atoms with Crippen molar-refractivity contribution in [1.82, 2.24) is 0 Å². The lowest BCUT2D eigenvalue weighted by molar-refractivity contribution is 0.390. The summed E-state index contributed by atoms with van der Waals surface area (Å²) < 4.78 is 2.68. The molecule has 0 atom stereocenters. The predicted octanol–water partition coefficient (Wildman–Crippen LogP) is 11.3. The van der Waals surface area contributed by atoms with Gasteiger partial charge in [0.2, 0.25) is 0 Å². The van der Waals surface area contributed by atoms with Crippen molar-refractivity contribution in [2.75, 3.05) is 0 Å². The molecule has 4 heterocycles. The van der Waals surface area contributed by atoms with Crippen LogP contribution < -0.4 is 0 Å². The summed E-state index contributed by atoms with van der Waals surface area (Å²) in [5.41, 5.74) is 7.68. The van der Waals surface area contributed by atoms with Crippen molar-refractivity contribution < 1.29 is 0 Å². The number of hydrogen-bond donors (Lipinski definition) is 0. The SMILES string of the molecule is Ic1cc2c(s1)-c1sc(I)cc1C1(c3ccccc3Sc3ccccc31)C21c2ccccc2Sc2ccccc21. The first-order valence-corrected chi connectivity index (χ1v) is 18.4. The van der Waals surface area contributed by atoms with E-state index in [1.807, 2.05) is 46.2 Å². The van der Waals surface area contributed by atoms with E-state index in [0.29, 0.717) is 0 Å². The molecule has 192 valence electrons. The van der Waals surface area contributed by atoms with Crippen LogP contribution in [-0.2, 0) is 10.8 Å². The topological polar surface area (TPSA) is 0 Å². The minimum absolute atomic E-state index is 0.439. The van der Waals surface area contributed by atoms with Crippen LogP contribution in [0.3, 0.4) is 0 Å². The van der Waals surface area contributed by atoms with Gasteiger partial charge in [0.05, 0.1) is 26.4 Å². The maximum atomic E-state index is 2.56. The Morgan fingerprint density at radius 1 is 0.400 bits per heavy atom. The lowest BCUT2D eigenvalue weighted by Gasteiger charge is -2.58. The second-order valence-electron chi connectivity index (χ2n) is 10.3. The maximum Gasteiger partial charge on any atom is 0.0667 e. The third-order valence-electron chi connectivity index (χ3n) is 8.58. The van der Waals surface area contributed by atoms with Gasteiger partial charge in [0.1, 0.15) is 0 Å². The van der Waals surface area contributed by atoms with Gasteiger partial charge >= 0.3 is 0 Å². The van der Waals surface area contributed by atoms with Gasteiger partial charge in [-0.05, 0) is 115 Å². The van der Waals surface area contributed by atoms with E-state index in [2.05, 4.69) is 154 Å². The Balaban J connectivity index is 1.63.